The summed E-state index contributed by atoms with van der Waals surface area (Å²) in [5.74, 6) is -0.279. The van der Waals surface area contributed by atoms with Crippen molar-refractivity contribution in [2.24, 2.45) is 0 Å². The fraction of sp³-hybridized carbons (Fsp3) is 0.368. The van der Waals surface area contributed by atoms with Crippen LogP contribution in [0.4, 0.5) is 5.69 Å². The average Bonchev–Trinajstić information content (AvgIpc) is 3.00. The maximum atomic E-state index is 12.9. The van der Waals surface area contributed by atoms with Crippen molar-refractivity contribution in [3.8, 4) is 0 Å². The van der Waals surface area contributed by atoms with Crippen LogP contribution in [0.5, 0.6) is 0 Å². The molecule has 1 aliphatic carbocycles. The van der Waals surface area contributed by atoms with E-state index < -0.39 is 0 Å². The largest absolute Gasteiger partial charge is 0.324 e. The van der Waals surface area contributed by atoms with E-state index >= 15 is 0 Å². The van der Waals surface area contributed by atoms with Crippen LogP contribution >= 0.6 is 11.3 Å². The number of amides is 1. The topological polar surface area (TPSA) is 76.9 Å². The van der Waals surface area contributed by atoms with E-state index in [-0.39, 0.29) is 18.0 Å². The highest BCUT2D eigenvalue weighted by Crippen LogP contribution is 2.33. The molecule has 0 saturated heterocycles. The molecule has 1 aliphatic rings. The van der Waals surface area contributed by atoms with Crippen molar-refractivity contribution in [1.29, 1.82) is 0 Å². The highest BCUT2D eigenvalue weighted by molar-refractivity contribution is 7.18. The van der Waals surface area contributed by atoms with Crippen LogP contribution in [-0.4, -0.2) is 20.9 Å². The first-order chi connectivity index (χ1) is 12.5. The van der Waals surface area contributed by atoms with Gasteiger partial charge in [-0.2, -0.15) is 0 Å². The van der Waals surface area contributed by atoms with Crippen LogP contribution in [0.2, 0.25) is 0 Å². The van der Waals surface area contributed by atoms with Gasteiger partial charge in [0.05, 0.1) is 5.39 Å². The lowest BCUT2D eigenvalue weighted by Crippen LogP contribution is -2.30. The summed E-state index contributed by atoms with van der Waals surface area (Å²) >= 11 is 1.56. The van der Waals surface area contributed by atoms with Crippen molar-refractivity contribution in [2.45, 2.75) is 46.1 Å². The molecule has 26 heavy (non-hydrogen) atoms. The number of carbonyl (C=O) groups excluding carboxylic acids is 1. The summed E-state index contributed by atoms with van der Waals surface area (Å²) in [5, 5.41) is 11.7. The molecule has 4 rings (SSSR count). The minimum absolute atomic E-state index is 0.139. The number of fused-ring (bicyclic) bond motifs is 3. The first-order valence-electron chi connectivity index (χ1n) is 8.78. The Morgan fingerprint density at radius 3 is 2.92 bits per heavy atom. The Labute approximate surface area is 154 Å². The molecule has 1 N–H and O–H groups in total. The second-order valence-electron chi connectivity index (χ2n) is 6.81. The highest BCUT2D eigenvalue weighted by atomic mass is 32.1. The normalized spacial score (nSPS) is 13.6. The third-order valence-corrected chi connectivity index (χ3v) is 5.98. The second-order valence-corrected chi connectivity index (χ2v) is 7.89. The average molecular weight is 368 g/mol. The predicted octanol–water partition coefficient (Wildman–Crippen LogP) is 2.99. The van der Waals surface area contributed by atoms with E-state index in [0.717, 1.165) is 48.1 Å². The highest BCUT2D eigenvalue weighted by Gasteiger charge is 2.21. The van der Waals surface area contributed by atoms with Gasteiger partial charge in [0.2, 0.25) is 5.91 Å². The number of aromatic nitrogens is 3. The van der Waals surface area contributed by atoms with Crippen LogP contribution in [0.3, 0.4) is 0 Å². The fourth-order valence-electron chi connectivity index (χ4n) is 3.41. The third-order valence-electron chi connectivity index (χ3n) is 4.81. The van der Waals surface area contributed by atoms with Crippen LogP contribution in [-0.2, 0) is 24.2 Å². The number of hydrogen-bond donors (Lipinski definition) is 1. The number of thiophene rings is 1. The first kappa shape index (κ1) is 16.9. The van der Waals surface area contributed by atoms with E-state index in [9.17, 15) is 9.59 Å². The maximum Gasteiger partial charge on any atom is 0.279 e. The molecular weight excluding hydrogens is 348 g/mol. The third kappa shape index (κ3) is 3.03. The van der Waals surface area contributed by atoms with Crippen LogP contribution in [0, 0.1) is 13.8 Å². The molecule has 0 aliphatic heterocycles. The van der Waals surface area contributed by atoms with Gasteiger partial charge in [-0.1, -0.05) is 17.3 Å². The molecule has 0 saturated carbocycles. The number of nitrogens with zero attached hydrogens (tertiary/aromatic N) is 3. The lowest BCUT2D eigenvalue weighted by molar-refractivity contribution is -0.117. The molecule has 2 aromatic heterocycles. The van der Waals surface area contributed by atoms with Gasteiger partial charge in [0, 0.05) is 10.6 Å². The van der Waals surface area contributed by atoms with Gasteiger partial charge in [0.25, 0.3) is 5.56 Å². The molecule has 134 valence electrons. The lowest BCUT2D eigenvalue weighted by Gasteiger charge is -2.11. The van der Waals surface area contributed by atoms with Crippen molar-refractivity contribution in [3.05, 3.63) is 50.1 Å². The zero-order valence-electron chi connectivity index (χ0n) is 14.8. The first-order valence-corrected chi connectivity index (χ1v) is 9.60. The quantitative estimate of drug-likeness (QED) is 0.771. The van der Waals surface area contributed by atoms with Gasteiger partial charge in [-0.3, -0.25) is 9.59 Å². The Morgan fingerprint density at radius 2 is 2.08 bits per heavy atom. The number of nitrogens with one attached hydrogen (secondary N) is 1. The molecule has 3 aromatic rings. The van der Waals surface area contributed by atoms with Crippen molar-refractivity contribution in [1.82, 2.24) is 15.0 Å². The van der Waals surface area contributed by atoms with Crippen LogP contribution in [0.15, 0.2) is 23.0 Å². The number of benzene rings is 1. The molecule has 1 amide bonds. The van der Waals surface area contributed by atoms with Crippen LogP contribution in [0.25, 0.3) is 10.2 Å². The molecule has 0 unspecified atom stereocenters. The Bertz CT molecular complexity index is 1070. The Kier molecular flexibility index (Phi) is 4.32. The molecule has 0 bridgehead atoms. The van der Waals surface area contributed by atoms with Crippen molar-refractivity contribution >= 4 is 33.1 Å². The minimum atomic E-state index is -0.279. The van der Waals surface area contributed by atoms with Gasteiger partial charge in [-0.25, -0.2) is 4.68 Å². The maximum absolute atomic E-state index is 12.9. The van der Waals surface area contributed by atoms with E-state index in [2.05, 4.69) is 15.6 Å². The number of hydrogen-bond acceptors (Lipinski definition) is 5. The molecule has 1 aromatic carbocycles. The Hall–Kier alpha value is -2.54. The van der Waals surface area contributed by atoms with Crippen molar-refractivity contribution < 1.29 is 4.79 Å². The summed E-state index contributed by atoms with van der Waals surface area (Å²) in [7, 11) is 0. The van der Waals surface area contributed by atoms with E-state index in [0.29, 0.717) is 10.2 Å². The monoisotopic (exact) mass is 368 g/mol. The number of anilines is 1. The van der Waals surface area contributed by atoms with Crippen LogP contribution < -0.4 is 10.9 Å². The number of carbonyl (C=O) groups is 1. The van der Waals surface area contributed by atoms with Gasteiger partial charge >= 0.3 is 0 Å². The zero-order valence-corrected chi connectivity index (χ0v) is 15.7. The summed E-state index contributed by atoms with van der Waals surface area (Å²) in [6.07, 6.45) is 4.15. The van der Waals surface area contributed by atoms with E-state index in [1.807, 2.05) is 32.0 Å². The summed E-state index contributed by atoms with van der Waals surface area (Å²) in [6, 6.07) is 5.87. The molecule has 0 atom stereocenters. The van der Waals surface area contributed by atoms with Crippen molar-refractivity contribution in [2.75, 3.05) is 5.32 Å². The van der Waals surface area contributed by atoms with Gasteiger partial charge in [0.15, 0.2) is 4.83 Å². The standard InChI is InChI=1S/C19H20N4O2S/c1-11-7-8-12(2)14(9-11)20-16(24)10-23-19(25)17-13-5-3-4-6-15(13)26-18(17)21-22-23/h7-9H,3-6,10H2,1-2H3,(H,20,24). The molecule has 0 spiro atoms. The van der Waals surface area contributed by atoms with E-state index in [1.54, 1.807) is 11.3 Å². The molecule has 0 fully saturated rings. The van der Waals surface area contributed by atoms with Crippen molar-refractivity contribution in [3.63, 3.8) is 0 Å². The molecule has 6 nitrogen and oxygen atoms in total. The lowest BCUT2D eigenvalue weighted by atomic mass is 9.97. The predicted molar refractivity (Wildman–Crippen MR) is 103 cm³/mol. The number of rotatable bonds is 3. The minimum Gasteiger partial charge on any atom is -0.324 e. The molecular formula is C19H20N4O2S. The molecule has 2 heterocycles. The van der Waals surface area contributed by atoms with Gasteiger partial charge in [-0.05, 0) is 62.3 Å². The number of aryl methyl sites for hydroxylation is 4. The molecule has 7 heteroatoms. The summed E-state index contributed by atoms with van der Waals surface area (Å²) < 4.78 is 1.17. The smallest absolute Gasteiger partial charge is 0.279 e. The van der Waals surface area contributed by atoms with E-state index in [1.165, 1.54) is 9.56 Å². The van der Waals surface area contributed by atoms with Gasteiger partial charge in [-0.15, -0.1) is 16.4 Å². The second kappa shape index (κ2) is 6.64. The summed E-state index contributed by atoms with van der Waals surface area (Å²) in [6.45, 7) is 3.77. The SMILES string of the molecule is Cc1ccc(C)c(NC(=O)Cn2nnc3sc4c(c3c2=O)CCCC4)c1. The fourth-order valence-corrected chi connectivity index (χ4v) is 4.60. The Balaban J connectivity index is 1.63. The molecule has 0 radical (unpaired) electrons. The van der Waals surface area contributed by atoms with Crippen LogP contribution in [0.1, 0.15) is 34.4 Å². The summed E-state index contributed by atoms with van der Waals surface area (Å²) in [5.41, 5.74) is 3.69. The van der Waals surface area contributed by atoms with E-state index in [4.69, 9.17) is 0 Å². The zero-order chi connectivity index (χ0) is 18.3. The Morgan fingerprint density at radius 1 is 1.27 bits per heavy atom. The van der Waals surface area contributed by atoms with Gasteiger partial charge < -0.3 is 5.32 Å². The summed E-state index contributed by atoms with van der Waals surface area (Å²) in [4.78, 5) is 27.2. The van der Waals surface area contributed by atoms with Gasteiger partial charge in [0.1, 0.15) is 6.54 Å².